The molecule has 0 fully saturated rings. The van der Waals surface area contributed by atoms with Crippen LogP contribution in [0.25, 0.3) is 0 Å². The first kappa shape index (κ1) is 12.0. The molecule has 1 radical (unpaired) electrons. The molecule has 0 amide bonds. The molecule has 0 nitrogen and oxygen atoms in total. The second kappa shape index (κ2) is 9.09. The maximum absolute atomic E-state index is 2.28. The van der Waals surface area contributed by atoms with Gasteiger partial charge in [-0.05, 0) is 12.3 Å². The highest BCUT2D eigenvalue weighted by Crippen LogP contribution is 2.15. The Hall–Kier alpha value is 0. The van der Waals surface area contributed by atoms with Crippen LogP contribution in [0.1, 0.15) is 72.1 Å². The van der Waals surface area contributed by atoms with Gasteiger partial charge in [0.05, 0.1) is 0 Å². The van der Waals surface area contributed by atoms with E-state index in [4.69, 9.17) is 0 Å². The summed E-state index contributed by atoms with van der Waals surface area (Å²) in [6.45, 7) is 6.81. The van der Waals surface area contributed by atoms with Crippen LogP contribution in [0.5, 0.6) is 0 Å². The molecule has 0 saturated heterocycles. The van der Waals surface area contributed by atoms with Gasteiger partial charge in [0.1, 0.15) is 0 Å². The van der Waals surface area contributed by atoms with E-state index in [1.165, 1.54) is 51.4 Å². The molecule has 0 spiro atoms. The Morgan fingerprint density at radius 1 is 0.833 bits per heavy atom. The summed E-state index contributed by atoms with van der Waals surface area (Å²) in [6.07, 6.45) is 11.2. The fourth-order valence-corrected chi connectivity index (χ4v) is 1.38. The van der Waals surface area contributed by atoms with Crippen molar-refractivity contribution >= 4 is 0 Å². The molecule has 0 aliphatic carbocycles. The zero-order valence-electron chi connectivity index (χ0n) is 9.16. The third-order valence-electron chi connectivity index (χ3n) is 2.56. The van der Waals surface area contributed by atoms with Gasteiger partial charge in [0, 0.05) is 0 Å². The van der Waals surface area contributed by atoms with E-state index in [-0.39, 0.29) is 0 Å². The highest BCUT2D eigenvalue weighted by atomic mass is 14.0. The SMILES string of the molecule is CCCCCCCC[C](C)CC. The third kappa shape index (κ3) is 8.10. The summed E-state index contributed by atoms with van der Waals surface area (Å²) in [7, 11) is 0. The van der Waals surface area contributed by atoms with Crippen molar-refractivity contribution in [2.75, 3.05) is 0 Å². The van der Waals surface area contributed by atoms with E-state index in [2.05, 4.69) is 20.8 Å². The zero-order chi connectivity index (χ0) is 9.23. The molecule has 0 aromatic rings. The smallest absolute Gasteiger partial charge is 0.0275 e. The van der Waals surface area contributed by atoms with E-state index in [9.17, 15) is 0 Å². The molecule has 0 rings (SSSR count). The van der Waals surface area contributed by atoms with E-state index in [0.29, 0.717) is 0 Å². The minimum Gasteiger partial charge on any atom is -0.0654 e. The van der Waals surface area contributed by atoms with E-state index in [0.717, 1.165) is 0 Å². The minimum absolute atomic E-state index is 1.27. The summed E-state index contributed by atoms with van der Waals surface area (Å²) in [5, 5.41) is 0. The third-order valence-corrected chi connectivity index (χ3v) is 2.56. The Kier molecular flexibility index (Phi) is 9.09. The first-order valence-corrected chi connectivity index (χ1v) is 5.62. The maximum Gasteiger partial charge on any atom is -0.0275 e. The molecule has 0 bridgehead atoms. The molecule has 0 atom stereocenters. The normalized spacial score (nSPS) is 11.0. The van der Waals surface area contributed by atoms with Crippen LogP contribution in [0.15, 0.2) is 0 Å². The summed E-state index contributed by atoms with van der Waals surface area (Å²) in [6, 6.07) is 0. The lowest BCUT2D eigenvalue weighted by molar-refractivity contribution is 0.586. The lowest BCUT2D eigenvalue weighted by Gasteiger charge is -2.06. The Bertz CT molecular complexity index is 76.1. The number of hydrogen-bond acceptors (Lipinski definition) is 0. The lowest BCUT2D eigenvalue weighted by Crippen LogP contribution is -1.89. The molecule has 0 unspecified atom stereocenters. The number of rotatable bonds is 8. The minimum atomic E-state index is 1.27. The molecular formula is C12H25. The monoisotopic (exact) mass is 169 g/mol. The highest BCUT2D eigenvalue weighted by Gasteiger charge is 1.97. The van der Waals surface area contributed by atoms with Crippen LogP contribution in [-0.4, -0.2) is 0 Å². The van der Waals surface area contributed by atoms with Gasteiger partial charge in [0.2, 0.25) is 0 Å². The molecule has 0 N–H and O–H groups in total. The van der Waals surface area contributed by atoms with Gasteiger partial charge in [-0.3, -0.25) is 0 Å². The zero-order valence-corrected chi connectivity index (χ0v) is 9.16. The molecule has 0 aromatic heterocycles. The second-order valence-corrected chi connectivity index (χ2v) is 3.83. The average Bonchev–Trinajstić information content (AvgIpc) is 2.10. The van der Waals surface area contributed by atoms with Gasteiger partial charge in [0.25, 0.3) is 0 Å². The standard InChI is InChI=1S/C12H25/c1-4-6-7-8-9-10-11-12(3)5-2/h4-11H2,1-3H3. The van der Waals surface area contributed by atoms with Crippen molar-refractivity contribution in [2.24, 2.45) is 0 Å². The molecule has 0 saturated carbocycles. The fraction of sp³-hybridized carbons (Fsp3) is 0.917. The largest absolute Gasteiger partial charge is 0.0654 e. The van der Waals surface area contributed by atoms with Crippen LogP contribution in [0.4, 0.5) is 0 Å². The number of unbranched alkanes of at least 4 members (excludes halogenated alkanes) is 5. The summed E-state index contributed by atoms with van der Waals surface area (Å²) < 4.78 is 0. The average molecular weight is 169 g/mol. The predicted octanol–water partition coefficient (Wildman–Crippen LogP) is 4.74. The van der Waals surface area contributed by atoms with Crippen molar-refractivity contribution in [1.29, 1.82) is 0 Å². The summed E-state index contributed by atoms with van der Waals surface area (Å²) in [4.78, 5) is 0. The Labute approximate surface area is 78.8 Å². The molecular weight excluding hydrogens is 144 g/mol. The molecule has 0 aromatic carbocycles. The molecule has 0 heterocycles. The van der Waals surface area contributed by atoms with Crippen LogP contribution in [-0.2, 0) is 0 Å². The summed E-state index contributed by atoms with van der Waals surface area (Å²) in [5.74, 6) is 1.67. The molecule has 0 aliphatic rings. The van der Waals surface area contributed by atoms with Crippen molar-refractivity contribution in [2.45, 2.75) is 72.1 Å². The van der Waals surface area contributed by atoms with Crippen LogP contribution >= 0.6 is 0 Å². The topological polar surface area (TPSA) is 0 Å². The van der Waals surface area contributed by atoms with Crippen LogP contribution in [0, 0.1) is 5.92 Å². The maximum atomic E-state index is 2.28. The van der Waals surface area contributed by atoms with E-state index < -0.39 is 0 Å². The molecule has 0 heteroatoms. The quantitative estimate of drug-likeness (QED) is 0.460. The van der Waals surface area contributed by atoms with Gasteiger partial charge in [-0.25, -0.2) is 0 Å². The Balaban J connectivity index is 2.90. The van der Waals surface area contributed by atoms with Gasteiger partial charge in [-0.15, -0.1) is 0 Å². The van der Waals surface area contributed by atoms with Gasteiger partial charge in [0.15, 0.2) is 0 Å². The fourth-order valence-electron chi connectivity index (χ4n) is 1.38. The Morgan fingerprint density at radius 3 is 2.00 bits per heavy atom. The van der Waals surface area contributed by atoms with E-state index in [1.54, 1.807) is 5.92 Å². The van der Waals surface area contributed by atoms with Crippen molar-refractivity contribution in [3.63, 3.8) is 0 Å². The van der Waals surface area contributed by atoms with Crippen molar-refractivity contribution < 1.29 is 0 Å². The van der Waals surface area contributed by atoms with Gasteiger partial charge in [-0.1, -0.05) is 65.7 Å². The Morgan fingerprint density at radius 2 is 1.42 bits per heavy atom. The van der Waals surface area contributed by atoms with Crippen LogP contribution < -0.4 is 0 Å². The first-order valence-electron chi connectivity index (χ1n) is 5.62. The second-order valence-electron chi connectivity index (χ2n) is 3.83. The first-order chi connectivity index (χ1) is 5.81. The van der Waals surface area contributed by atoms with Gasteiger partial charge >= 0.3 is 0 Å². The molecule has 73 valence electrons. The lowest BCUT2D eigenvalue weighted by atomic mass is 10.00. The van der Waals surface area contributed by atoms with Crippen LogP contribution in [0.3, 0.4) is 0 Å². The summed E-state index contributed by atoms with van der Waals surface area (Å²) in [5.41, 5.74) is 0. The van der Waals surface area contributed by atoms with Gasteiger partial charge in [-0.2, -0.15) is 0 Å². The summed E-state index contributed by atoms with van der Waals surface area (Å²) >= 11 is 0. The van der Waals surface area contributed by atoms with Crippen molar-refractivity contribution in [3.8, 4) is 0 Å². The van der Waals surface area contributed by atoms with E-state index >= 15 is 0 Å². The predicted molar refractivity (Wildman–Crippen MR) is 57.2 cm³/mol. The highest BCUT2D eigenvalue weighted by molar-refractivity contribution is 4.80. The van der Waals surface area contributed by atoms with Crippen molar-refractivity contribution in [3.05, 3.63) is 5.92 Å². The van der Waals surface area contributed by atoms with Crippen LogP contribution in [0.2, 0.25) is 0 Å². The van der Waals surface area contributed by atoms with Gasteiger partial charge < -0.3 is 0 Å². The van der Waals surface area contributed by atoms with Crippen molar-refractivity contribution in [1.82, 2.24) is 0 Å². The molecule has 12 heavy (non-hydrogen) atoms. The molecule has 0 aliphatic heterocycles. The van der Waals surface area contributed by atoms with E-state index in [1.807, 2.05) is 0 Å². The number of hydrogen-bond donors (Lipinski definition) is 0.